The van der Waals surface area contributed by atoms with Crippen LogP contribution in [0.5, 0.6) is 5.75 Å². The lowest BCUT2D eigenvalue weighted by Crippen LogP contribution is -2.40. The largest absolute Gasteiger partial charge is 0.490 e. The van der Waals surface area contributed by atoms with Gasteiger partial charge in [-0.2, -0.15) is 0 Å². The van der Waals surface area contributed by atoms with Crippen LogP contribution in [0.4, 0.5) is 0 Å². The van der Waals surface area contributed by atoms with Crippen molar-refractivity contribution in [2.75, 3.05) is 5.75 Å². The van der Waals surface area contributed by atoms with Crippen molar-refractivity contribution >= 4 is 28.6 Å². The van der Waals surface area contributed by atoms with Gasteiger partial charge in [-0.3, -0.25) is 14.9 Å². The highest BCUT2D eigenvalue weighted by Gasteiger charge is 2.23. The molecule has 0 bridgehead atoms. The van der Waals surface area contributed by atoms with E-state index in [4.69, 9.17) is 4.74 Å². The van der Waals surface area contributed by atoms with Gasteiger partial charge in [0.2, 0.25) is 11.1 Å². The van der Waals surface area contributed by atoms with E-state index in [0.29, 0.717) is 10.9 Å². The fraction of sp³-hybridized carbons (Fsp3) is 0.400. The van der Waals surface area contributed by atoms with Crippen LogP contribution in [0, 0.1) is 6.92 Å². The highest BCUT2D eigenvalue weighted by atomic mass is 32.2. The molecule has 1 aliphatic rings. The van der Waals surface area contributed by atoms with Gasteiger partial charge in [-0.05, 0) is 56.9 Å². The van der Waals surface area contributed by atoms with Gasteiger partial charge in [0.1, 0.15) is 11.6 Å². The number of amides is 1. The smallest absolute Gasteiger partial charge is 0.230 e. The lowest BCUT2D eigenvalue weighted by molar-refractivity contribution is -0.119. The molecule has 0 aliphatic heterocycles. The number of carbonyl (C=O) groups is 1. The van der Waals surface area contributed by atoms with Crippen LogP contribution in [0.1, 0.15) is 31.5 Å². The van der Waals surface area contributed by atoms with Gasteiger partial charge in [0.15, 0.2) is 0 Å². The van der Waals surface area contributed by atoms with E-state index in [1.54, 1.807) is 6.20 Å². The van der Waals surface area contributed by atoms with Crippen molar-refractivity contribution in [1.82, 2.24) is 25.5 Å². The molecule has 28 heavy (non-hydrogen) atoms. The number of pyridine rings is 1. The second-order valence-electron chi connectivity index (χ2n) is 7.01. The molecular weight excluding hydrogens is 374 g/mol. The quantitative estimate of drug-likeness (QED) is 0.620. The highest BCUT2D eigenvalue weighted by Crippen LogP contribution is 2.26. The Labute approximate surface area is 167 Å². The van der Waals surface area contributed by atoms with Crippen molar-refractivity contribution in [2.45, 2.75) is 49.9 Å². The number of thioether (sulfide) groups is 1. The van der Waals surface area contributed by atoms with Crippen molar-refractivity contribution < 1.29 is 9.53 Å². The molecule has 1 amide bonds. The summed E-state index contributed by atoms with van der Waals surface area (Å²) >= 11 is 1.35. The summed E-state index contributed by atoms with van der Waals surface area (Å²) in [4.78, 5) is 20.7. The third-order valence-corrected chi connectivity index (χ3v) is 5.67. The van der Waals surface area contributed by atoms with Crippen LogP contribution in [-0.4, -0.2) is 44.0 Å². The molecule has 1 aromatic carbocycles. The first-order valence-corrected chi connectivity index (χ1v) is 10.5. The number of nitrogens with one attached hydrogen (secondary N) is 2. The van der Waals surface area contributed by atoms with Crippen LogP contribution in [-0.2, 0) is 4.79 Å². The number of carbonyl (C=O) groups excluding carboxylic acids is 1. The molecule has 1 fully saturated rings. The van der Waals surface area contributed by atoms with Gasteiger partial charge in [0, 0.05) is 17.6 Å². The minimum absolute atomic E-state index is 0.0267. The SMILES string of the molecule is Cc1nc(SCC(=O)NC2CCC(Oc3ccc4ncccc4c3)CC2)n[nH]1. The first-order chi connectivity index (χ1) is 13.7. The third-order valence-electron chi connectivity index (χ3n) is 4.83. The van der Waals surface area contributed by atoms with Crippen molar-refractivity contribution in [1.29, 1.82) is 0 Å². The Morgan fingerprint density at radius 2 is 2.14 bits per heavy atom. The van der Waals surface area contributed by atoms with Crippen molar-refractivity contribution in [3.63, 3.8) is 0 Å². The molecule has 7 nitrogen and oxygen atoms in total. The number of fused-ring (bicyclic) bond motifs is 1. The molecule has 0 unspecified atom stereocenters. The van der Waals surface area contributed by atoms with Gasteiger partial charge >= 0.3 is 0 Å². The monoisotopic (exact) mass is 397 g/mol. The van der Waals surface area contributed by atoms with Crippen molar-refractivity contribution in [3.05, 3.63) is 42.4 Å². The maximum atomic E-state index is 12.2. The lowest BCUT2D eigenvalue weighted by atomic mass is 9.93. The molecule has 2 aromatic heterocycles. The Kier molecular flexibility index (Phi) is 5.76. The number of aromatic nitrogens is 4. The van der Waals surface area contributed by atoms with Crippen molar-refractivity contribution in [3.8, 4) is 5.75 Å². The van der Waals surface area contributed by atoms with Gasteiger partial charge in [-0.15, -0.1) is 5.10 Å². The summed E-state index contributed by atoms with van der Waals surface area (Å²) in [7, 11) is 0. The van der Waals surface area contributed by atoms with E-state index in [2.05, 4.69) is 25.5 Å². The molecule has 0 atom stereocenters. The summed E-state index contributed by atoms with van der Waals surface area (Å²) in [5.74, 6) is 1.99. The zero-order valence-electron chi connectivity index (χ0n) is 15.7. The Morgan fingerprint density at radius 1 is 1.29 bits per heavy atom. The highest BCUT2D eigenvalue weighted by molar-refractivity contribution is 7.99. The summed E-state index contributed by atoms with van der Waals surface area (Å²) < 4.78 is 6.16. The number of nitrogens with zero attached hydrogens (tertiary/aromatic N) is 3. The van der Waals surface area contributed by atoms with Crippen LogP contribution < -0.4 is 10.1 Å². The second kappa shape index (κ2) is 8.60. The number of H-pyrrole nitrogens is 1. The van der Waals surface area contributed by atoms with E-state index in [0.717, 1.165) is 48.2 Å². The number of hydrogen-bond acceptors (Lipinski definition) is 6. The molecule has 2 heterocycles. The molecular formula is C20H23N5O2S. The molecule has 4 rings (SSSR count). The lowest BCUT2D eigenvalue weighted by Gasteiger charge is -2.29. The van der Waals surface area contributed by atoms with Crippen LogP contribution in [0.2, 0.25) is 0 Å². The Morgan fingerprint density at radius 3 is 2.93 bits per heavy atom. The standard InChI is InChI=1S/C20H23N5O2S/c1-13-22-20(25-24-13)28-12-19(26)23-15-4-6-16(7-5-15)27-17-8-9-18-14(11-17)3-2-10-21-18/h2-3,8-11,15-16H,4-7,12H2,1H3,(H,23,26)(H,22,24,25). The van der Waals surface area contributed by atoms with Crippen LogP contribution in [0.15, 0.2) is 41.7 Å². The first kappa shape index (κ1) is 18.7. The van der Waals surface area contributed by atoms with Crippen LogP contribution in [0.3, 0.4) is 0 Å². The van der Waals surface area contributed by atoms with E-state index in [9.17, 15) is 4.79 Å². The summed E-state index contributed by atoms with van der Waals surface area (Å²) in [5.41, 5.74) is 0.972. The number of benzene rings is 1. The van der Waals surface area contributed by atoms with Gasteiger partial charge in [0.25, 0.3) is 0 Å². The second-order valence-corrected chi connectivity index (χ2v) is 7.95. The van der Waals surface area contributed by atoms with Gasteiger partial charge < -0.3 is 10.1 Å². The summed E-state index contributed by atoms with van der Waals surface area (Å²) in [6.07, 6.45) is 5.70. The summed E-state index contributed by atoms with van der Waals surface area (Å²) in [6, 6.07) is 10.2. The maximum Gasteiger partial charge on any atom is 0.230 e. The Hall–Kier alpha value is -2.61. The molecule has 8 heteroatoms. The van der Waals surface area contributed by atoms with E-state index >= 15 is 0 Å². The topological polar surface area (TPSA) is 92.8 Å². The average Bonchev–Trinajstić information content (AvgIpc) is 3.13. The van der Waals surface area contributed by atoms with Crippen LogP contribution in [0.25, 0.3) is 10.9 Å². The minimum atomic E-state index is 0.0267. The van der Waals surface area contributed by atoms with Gasteiger partial charge in [-0.1, -0.05) is 17.8 Å². The van der Waals surface area contributed by atoms with E-state index in [1.807, 2.05) is 37.3 Å². The Bertz CT molecular complexity index is 952. The maximum absolute atomic E-state index is 12.2. The number of aryl methyl sites for hydroxylation is 1. The number of rotatable bonds is 6. The molecule has 2 N–H and O–H groups in total. The first-order valence-electron chi connectivity index (χ1n) is 9.48. The molecule has 146 valence electrons. The molecule has 1 aliphatic carbocycles. The number of hydrogen-bond donors (Lipinski definition) is 2. The zero-order valence-corrected chi connectivity index (χ0v) is 16.5. The predicted octanol–water partition coefficient (Wildman–Crippen LogP) is 3.26. The number of aromatic amines is 1. The molecule has 0 saturated heterocycles. The van der Waals surface area contributed by atoms with E-state index in [1.165, 1.54) is 11.8 Å². The van der Waals surface area contributed by atoms with E-state index in [-0.39, 0.29) is 18.1 Å². The summed E-state index contributed by atoms with van der Waals surface area (Å²) in [6.45, 7) is 1.84. The predicted molar refractivity (Wildman–Crippen MR) is 108 cm³/mol. The van der Waals surface area contributed by atoms with E-state index < -0.39 is 0 Å². The summed E-state index contributed by atoms with van der Waals surface area (Å²) in [5, 5.41) is 11.6. The van der Waals surface area contributed by atoms with Crippen LogP contribution >= 0.6 is 11.8 Å². The molecule has 1 saturated carbocycles. The fourth-order valence-corrected chi connectivity index (χ4v) is 4.09. The minimum Gasteiger partial charge on any atom is -0.490 e. The molecule has 0 spiro atoms. The van der Waals surface area contributed by atoms with Gasteiger partial charge in [0.05, 0.1) is 17.4 Å². The normalized spacial score (nSPS) is 19.5. The average molecular weight is 398 g/mol. The third kappa shape index (κ3) is 4.81. The zero-order chi connectivity index (χ0) is 19.3. The molecule has 3 aromatic rings. The fourth-order valence-electron chi connectivity index (χ4n) is 3.43. The van der Waals surface area contributed by atoms with Crippen molar-refractivity contribution in [2.24, 2.45) is 0 Å². The van der Waals surface area contributed by atoms with Gasteiger partial charge in [-0.25, -0.2) is 4.98 Å². The molecule has 0 radical (unpaired) electrons. The Balaban J connectivity index is 1.22. The number of ether oxygens (including phenoxy) is 1.